The number of alkyl halides is 3. The molecule has 4 rings (SSSR count). The number of carbonyl (C=O) groups excluding carboxylic acids is 1. The lowest BCUT2D eigenvalue weighted by Gasteiger charge is -2.38. The standard InChI is InChI=1S/C37H54F4N4O2/c1-6-26(4)34(33(38)35(42-8-3)45(31-13-14-31)23-27-9-11-30(12-10-27)37(39,40)41)43-25-36(16-19-47-20-17-36)22-32(46)21-28(7-2)29-15-18-44(5)24-29/h8-12,28-29,31,43H,6-7,13-25H2,1-5H3/b34-26+,35-33-,42-8?. The van der Waals surface area contributed by atoms with Gasteiger partial charge in [-0.3, -0.25) is 4.79 Å². The third-order valence-corrected chi connectivity index (χ3v) is 10.4. The van der Waals surface area contributed by atoms with Crippen molar-refractivity contribution in [1.29, 1.82) is 0 Å². The van der Waals surface area contributed by atoms with Crippen molar-refractivity contribution in [3.8, 4) is 0 Å². The van der Waals surface area contributed by atoms with E-state index in [9.17, 15) is 18.0 Å². The average molecular weight is 663 g/mol. The van der Waals surface area contributed by atoms with E-state index in [1.165, 1.54) is 12.1 Å². The van der Waals surface area contributed by atoms with Crippen molar-refractivity contribution in [3.63, 3.8) is 0 Å². The van der Waals surface area contributed by atoms with Crippen LogP contribution in [0.2, 0.25) is 0 Å². The van der Waals surface area contributed by atoms with Crippen LogP contribution in [0, 0.1) is 17.3 Å². The maximum atomic E-state index is 16.8. The number of likely N-dealkylation sites (tertiary alicyclic amines) is 1. The molecule has 0 spiro atoms. The highest BCUT2D eigenvalue weighted by atomic mass is 19.4. The maximum absolute atomic E-state index is 16.8. The molecule has 10 heteroatoms. The minimum Gasteiger partial charge on any atom is -0.382 e. The fourth-order valence-electron chi connectivity index (χ4n) is 7.12. The molecule has 0 bridgehead atoms. The fraction of sp³-hybridized carbons (Fsp3) is 0.676. The van der Waals surface area contributed by atoms with Gasteiger partial charge in [0.05, 0.1) is 11.3 Å². The summed E-state index contributed by atoms with van der Waals surface area (Å²) in [5, 5.41) is 3.46. The molecule has 3 fully saturated rings. The lowest BCUT2D eigenvalue weighted by Crippen LogP contribution is -2.41. The molecule has 262 valence electrons. The molecule has 1 aliphatic carbocycles. The molecule has 6 nitrogen and oxygen atoms in total. The number of hydrogen-bond donors (Lipinski definition) is 1. The first-order chi connectivity index (χ1) is 22.4. The van der Waals surface area contributed by atoms with Gasteiger partial charge in [0.1, 0.15) is 5.78 Å². The molecule has 47 heavy (non-hydrogen) atoms. The third kappa shape index (κ3) is 10.1. The van der Waals surface area contributed by atoms with E-state index >= 15 is 4.39 Å². The fourth-order valence-corrected chi connectivity index (χ4v) is 7.12. The molecule has 2 atom stereocenters. The first-order valence-corrected chi connectivity index (χ1v) is 17.4. The molecule has 1 N–H and O–H groups in total. The molecule has 2 saturated heterocycles. The summed E-state index contributed by atoms with van der Waals surface area (Å²) in [4.78, 5) is 22.4. The van der Waals surface area contributed by atoms with Gasteiger partial charge in [0.2, 0.25) is 0 Å². The number of benzene rings is 1. The summed E-state index contributed by atoms with van der Waals surface area (Å²) in [6, 6.07) is 5.10. The Hall–Kier alpha value is -2.72. The van der Waals surface area contributed by atoms with E-state index in [1.807, 2.05) is 18.7 Å². The first kappa shape index (κ1) is 37.1. The van der Waals surface area contributed by atoms with Crippen LogP contribution in [0.3, 0.4) is 0 Å². The average Bonchev–Trinajstić information content (AvgIpc) is 3.80. The Morgan fingerprint density at radius 1 is 1.17 bits per heavy atom. The molecule has 3 aliphatic rings. The molecular weight excluding hydrogens is 608 g/mol. The minimum absolute atomic E-state index is 0.0514. The number of allylic oxidation sites excluding steroid dienone is 2. The number of halogens is 4. The van der Waals surface area contributed by atoms with Crippen LogP contribution in [0.25, 0.3) is 0 Å². The van der Waals surface area contributed by atoms with Crippen molar-refractivity contribution in [3.05, 3.63) is 58.3 Å². The van der Waals surface area contributed by atoms with E-state index in [2.05, 4.69) is 29.2 Å². The Labute approximate surface area is 278 Å². The molecule has 2 aliphatic heterocycles. The number of nitrogens with one attached hydrogen (secondary N) is 1. The van der Waals surface area contributed by atoms with Crippen LogP contribution >= 0.6 is 0 Å². The minimum atomic E-state index is -4.42. The zero-order valence-corrected chi connectivity index (χ0v) is 28.9. The second-order valence-corrected chi connectivity index (χ2v) is 14.0. The van der Waals surface area contributed by atoms with E-state index in [0.717, 1.165) is 69.3 Å². The molecule has 1 aromatic rings. The van der Waals surface area contributed by atoms with Crippen LogP contribution in [0.5, 0.6) is 0 Å². The Balaban J connectivity index is 1.56. The zero-order chi connectivity index (χ0) is 34.2. The van der Waals surface area contributed by atoms with Crippen molar-refractivity contribution >= 4 is 12.0 Å². The number of Topliss-reactive ketones (excluding diaryl/α,β-unsaturated/α-hetero) is 1. The van der Waals surface area contributed by atoms with Crippen molar-refractivity contribution in [2.45, 2.75) is 104 Å². The molecule has 2 heterocycles. The number of carbonyl (C=O) groups is 1. The Morgan fingerprint density at radius 2 is 1.85 bits per heavy atom. The molecule has 1 aromatic carbocycles. The number of rotatable bonds is 16. The van der Waals surface area contributed by atoms with Gasteiger partial charge in [0.25, 0.3) is 0 Å². The summed E-state index contributed by atoms with van der Waals surface area (Å²) >= 11 is 0. The number of ether oxygens (including phenoxy) is 1. The number of hydrogen-bond acceptors (Lipinski definition) is 6. The summed E-state index contributed by atoms with van der Waals surface area (Å²) in [5.41, 5.74) is 0.815. The quantitative estimate of drug-likeness (QED) is 0.110. The second-order valence-electron chi connectivity index (χ2n) is 14.0. The SMILES string of the molecule is CC=N/C(=C(F)\C(NCC1(CC(=O)CC(CC)C2CCN(C)C2)CCOCC1)=C(\C)CC)N(Cc1ccc(C(F)(F)F)cc1)C1CC1. The Morgan fingerprint density at radius 3 is 2.38 bits per heavy atom. The van der Waals surface area contributed by atoms with Gasteiger partial charge in [0, 0.05) is 57.9 Å². The van der Waals surface area contributed by atoms with Gasteiger partial charge in [-0.1, -0.05) is 32.4 Å². The first-order valence-electron chi connectivity index (χ1n) is 17.4. The molecule has 0 amide bonds. The smallest absolute Gasteiger partial charge is 0.382 e. The largest absolute Gasteiger partial charge is 0.416 e. The maximum Gasteiger partial charge on any atom is 0.416 e. The van der Waals surface area contributed by atoms with E-state index < -0.39 is 17.6 Å². The molecular formula is C37H54F4N4O2. The summed E-state index contributed by atoms with van der Waals surface area (Å²) in [6.45, 7) is 11.7. The van der Waals surface area contributed by atoms with Gasteiger partial charge in [-0.15, -0.1) is 0 Å². The summed E-state index contributed by atoms with van der Waals surface area (Å²) in [7, 11) is 2.14. The van der Waals surface area contributed by atoms with Crippen LogP contribution < -0.4 is 5.32 Å². The highest BCUT2D eigenvalue weighted by molar-refractivity contribution is 5.79. The van der Waals surface area contributed by atoms with E-state index in [-0.39, 0.29) is 29.6 Å². The topological polar surface area (TPSA) is 57.2 Å². The van der Waals surface area contributed by atoms with E-state index in [4.69, 9.17) is 4.74 Å². The monoisotopic (exact) mass is 662 g/mol. The molecule has 0 radical (unpaired) electrons. The Kier molecular flexibility index (Phi) is 13.1. The lowest BCUT2D eigenvalue weighted by molar-refractivity contribution is -0.137. The van der Waals surface area contributed by atoms with Crippen LogP contribution in [0.1, 0.15) is 96.6 Å². The van der Waals surface area contributed by atoms with Gasteiger partial charge in [0.15, 0.2) is 11.6 Å². The van der Waals surface area contributed by atoms with Crippen LogP contribution in [-0.4, -0.2) is 67.7 Å². The highest BCUT2D eigenvalue weighted by Crippen LogP contribution is 2.39. The molecule has 2 unspecified atom stereocenters. The van der Waals surface area contributed by atoms with E-state index in [0.29, 0.717) is 62.1 Å². The van der Waals surface area contributed by atoms with Crippen LogP contribution in [0.15, 0.2) is 52.2 Å². The predicted octanol–water partition coefficient (Wildman–Crippen LogP) is 8.30. The number of aliphatic imine (C=N–C) groups is 1. The van der Waals surface area contributed by atoms with Gasteiger partial charge in [-0.05, 0) is 106 Å². The van der Waals surface area contributed by atoms with Crippen molar-refractivity contribution in [2.24, 2.45) is 22.2 Å². The van der Waals surface area contributed by atoms with Crippen molar-refractivity contribution in [2.75, 3.05) is 39.9 Å². The highest BCUT2D eigenvalue weighted by Gasteiger charge is 2.38. The van der Waals surface area contributed by atoms with Crippen LogP contribution in [0.4, 0.5) is 17.6 Å². The summed E-state index contributed by atoms with van der Waals surface area (Å²) < 4.78 is 62.1. The van der Waals surface area contributed by atoms with Gasteiger partial charge < -0.3 is 19.9 Å². The predicted molar refractivity (Wildman–Crippen MR) is 179 cm³/mol. The molecule has 1 saturated carbocycles. The summed E-state index contributed by atoms with van der Waals surface area (Å²) in [6.07, 6.45) is 4.06. The van der Waals surface area contributed by atoms with Crippen LogP contribution in [-0.2, 0) is 22.3 Å². The Bertz CT molecular complexity index is 1280. The number of ketones is 1. The summed E-state index contributed by atoms with van der Waals surface area (Å²) in [5.74, 6) is 0.897. The van der Waals surface area contributed by atoms with Gasteiger partial charge in [-0.25, -0.2) is 9.38 Å². The van der Waals surface area contributed by atoms with Gasteiger partial charge in [-0.2, -0.15) is 13.2 Å². The van der Waals surface area contributed by atoms with Crippen molar-refractivity contribution in [1.82, 2.24) is 15.1 Å². The lowest BCUT2D eigenvalue weighted by atomic mass is 9.74. The van der Waals surface area contributed by atoms with Gasteiger partial charge >= 0.3 is 6.18 Å². The second kappa shape index (κ2) is 16.6. The van der Waals surface area contributed by atoms with Crippen molar-refractivity contribution < 1.29 is 27.1 Å². The molecule has 0 aromatic heterocycles. The zero-order valence-electron chi connectivity index (χ0n) is 28.9. The van der Waals surface area contributed by atoms with E-state index in [1.54, 1.807) is 13.1 Å². The number of nitrogens with zero attached hydrogens (tertiary/aromatic N) is 3. The normalized spacial score (nSPS) is 22.2. The third-order valence-electron chi connectivity index (χ3n) is 10.4.